The van der Waals surface area contributed by atoms with Crippen LogP contribution in [0.1, 0.15) is 25.7 Å². The van der Waals surface area contributed by atoms with Crippen LogP contribution in [0.25, 0.3) is 0 Å². The van der Waals surface area contributed by atoms with Gasteiger partial charge in [0.25, 0.3) is 0 Å². The van der Waals surface area contributed by atoms with Crippen LogP contribution in [0.3, 0.4) is 0 Å². The van der Waals surface area contributed by atoms with Crippen LogP contribution in [0.15, 0.2) is 4.99 Å². The molecule has 2 unspecified atom stereocenters. The zero-order valence-electron chi connectivity index (χ0n) is 8.05. The predicted molar refractivity (Wildman–Crippen MR) is 53.8 cm³/mol. The monoisotopic (exact) mass is 168 g/mol. The molecule has 1 saturated carbocycles. The molecule has 0 amide bonds. The lowest BCUT2D eigenvalue weighted by molar-refractivity contribution is 0.269. The molecule has 12 heavy (non-hydrogen) atoms. The first-order valence-electron chi connectivity index (χ1n) is 4.94. The summed E-state index contributed by atoms with van der Waals surface area (Å²) in [6, 6.07) is 0. The lowest BCUT2D eigenvalue weighted by Gasteiger charge is -2.27. The van der Waals surface area contributed by atoms with Crippen molar-refractivity contribution in [2.45, 2.75) is 25.7 Å². The van der Waals surface area contributed by atoms with Crippen LogP contribution in [0.4, 0.5) is 0 Å². The lowest BCUT2D eigenvalue weighted by Crippen LogP contribution is -2.25. The summed E-state index contributed by atoms with van der Waals surface area (Å²) in [7, 11) is 2.04. The molecule has 0 bridgehead atoms. The van der Waals surface area contributed by atoms with Crippen molar-refractivity contribution in [3.63, 3.8) is 0 Å². The average Bonchev–Trinajstić information content (AvgIpc) is 2.06. The highest BCUT2D eigenvalue weighted by Crippen LogP contribution is 2.28. The number of hydrogen-bond acceptors (Lipinski definition) is 2. The standard InChI is InChI=1S/C10H20N2/c1-11-7-9-4-3-5-10(6-9)8-12-2/h9-10,12H,1,3-8H2,2H3. The summed E-state index contributed by atoms with van der Waals surface area (Å²) >= 11 is 0. The molecule has 2 heteroatoms. The summed E-state index contributed by atoms with van der Waals surface area (Å²) in [6.45, 7) is 5.71. The topological polar surface area (TPSA) is 24.4 Å². The largest absolute Gasteiger partial charge is 0.319 e. The maximum Gasteiger partial charge on any atom is 0.0410 e. The van der Waals surface area contributed by atoms with Gasteiger partial charge in [-0.15, -0.1) is 0 Å². The highest BCUT2D eigenvalue weighted by Gasteiger charge is 2.20. The van der Waals surface area contributed by atoms with E-state index in [1.165, 1.54) is 32.2 Å². The van der Waals surface area contributed by atoms with Gasteiger partial charge in [0, 0.05) is 6.54 Å². The van der Waals surface area contributed by atoms with Gasteiger partial charge in [-0.2, -0.15) is 0 Å². The molecule has 0 aromatic carbocycles. The molecule has 1 aliphatic carbocycles. The van der Waals surface area contributed by atoms with E-state index in [4.69, 9.17) is 0 Å². The minimum absolute atomic E-state index is 0.814. The van der Waals surface area contributed by atoms with E-state index >= 15 is 0 Å². The van der Waals surface area contributed by atoms with E-state index in [1.807, 2.05) is 7.05 Å². The highest BCUT2D eigenvalue weighted by atomic mass is 14.8. The molecule has 0 saturated heterocycles. The van der Waals surface area contributed by atoms with Crippen LogP contribution in [0.2, 0.25) is 0 Å². The van der Waals surface area contributed by atoms with E-state index in [-0.39, 0.29) is 0 Å². The van der Waals surface area contributed by atoms with Crippen molar-refractivity contribution >= 4 is 6.72 Å². The first-order chi connectivity index (χ1) is 5.86. The molecule has 2 atom stereocenters. The van der Waals surface area contributed by atoms with E-state index in [0.29, 0.717) is 0 Å². The first kappa shape index (κ1) is 9.72. The van der Waals surface area contributed by atoms with Crippen LogP contribution in [-0.4, -0.2) is 26.9 Å². The van der Waals surface area contributed by atoms with Gasteiger partial charge in [0.15, 0.2) is 0 Å². The molecule has 0 aromatic rings. The molecule has 0 aliphatic heterocycles. The molecular weight excluding hydrogens is 148 g/mol. The van der Waals surface area contributed by atoms with E-state index in [1.54, 1.807) is 0 Å². The van der Waals surface area contributed by atoms with Gasteiger partial charge >= 0.3 is 0 Å². The Morgan fingerprint density at radius 3 is 2.83 bits per heavy atom. The van der Waals surface area contributed by atoms with Crippen LogP contribution in [-0.2, 0) is 0 Å². The molecular formula is C10H20N2. The van der Waals surface area contributed by atoms with Gasteiger partial charge in [0.1, 0.15) is 0 Å². The molecule has 0 heterocycles. The fraction of sp³-hybridized carbons (Fsp3) is 0.900. The number of rotatable bonds is 4. The Bertz CT molecular complexity index is 132. The van der Waals surface area contributed by atoms with Gasteiger partial charge in [-0.3, -0.25) is 0 Å². The Hall–Kier alpha value is -0.370. The molecule has 1 rings (SSSR count). The molecule has 1 aliphatic rings. The molecule has 1 fully saturated rings. The molecule has 2 nitrogen and oxygen atoms in total. The van der Waals surface area contributed by atoms with Gasteiger partial charge in [-0.25, -0.2) is 0 Å². The van der Waals surface area contributed by atoms with Crippen molar-refractivity contribution in [1.82, 2.24) is 5.32 Å². The van der Waals surface area contributed by atoms with Gasteiger partial charge in [0.05, 0.1) is 0 Å². The second kappa shape index (κ2) is 5.31. The maximum absolute atomic E-state index is 3.98. The number of hydrogen-bond donors (Lipinski definition) is 1. The summed E-state index contributed by atoms with van der Waals surface area (Å²) < 4.78 is 0. The minimum atomic E-state index is 0.814. The molecule has 0 spiro atoms. The third kappa shape index (κ3) is 2.94. The van der Waals surface area contributed by atoms with Gasteiger partial charge < -0.3 is 10.3 Å². The van der Waals surface area contributed by atoms with Crippen LogP contribution in [0.5, 0.6) is 0 Å². The summed E-state index contributed by atoms with van der Waals surface area (Å²) in [4.78, 5) is 3.98. The Morgan fingerprint density at radius 1 is 1.42 bits per heavy atom. The predicted octanol–water partition coefficient (Wildman–Crippen LogP) is 1.71. The highest BCUT2D eigenvalue weighted by molar-refractivity contribution is 5.23. The van der Waals surface area contributed by atoms with E-state index < -0.39 is 0 Å². The van der Waals surface area contributed by atoms with Crippen LogP contribution >= 0.6 is 0 Å². The molecule has 70 valence electrons. The third-order valence-corrected chi connectivity index (χ3v) is 2.77. The number of aliphatic imine (C=N–C) groups is 1. The first-order valence-corrected chi connectivity index (χ1v) is 4.94. The summed E-state index contributed by atoms with van der Waals surface area (Å²) in [5.74, 6) is 1.70. The Balaban J connectivity index is 2.24. The van der Waals surface area contributed by atoms with E-state index in [0.717, 1.165) is 18.4 Å². The van der Waals surface area contributed by atoms with Crippen molar-refractivity contribution in [2.75, 3.05) is 20.1 Å². The van der Waals surface area contributed by atoms with Crippen molar-refractivity contribution in [3.05, 3.63) is 0 Å². The van der Waals surface area contributed by atoms with Gasteiger partial charge in [-0.1, -0.05) is 6.42 Å². The Kier molecular flexibility index (Phi) is 4.30. The zero-order chi connectivity index (χ0) is 8.81. The second-order valence-electron chi connectivity index (χ2n) is 3.86. The number of nitrogens with zero attached hydrogens (tertiary/aromatic N) is 1. The fourth-order valence-electron chi connectivity index (χ4n) is 2.22. The SMILES string of the molecule is C=NCC1CCCC(CNC)C1. The van der Waals surface area contributed by atoms with Gasteiger partial charge in [-0.05, 0) is 51.4 Å². The normalized spacial score (nSPS) is 30.1. The minimum Gasteiger partial charge on any atom is -0.319 e. The lowest BCUT2D eigenvalue weighted by atomic mass is 9.81. The fourth-order valence-corrected chi connectivity index (χ4v) is 2.22. The molecule has 1 N–H and O–H groups in total. The Morgan fingerprint density at radius 2 is 2.17 bits per heavy atom. The number of nitrogens with one attached hydrogen (secondary N) is 1. The van der Waals surface area contributed by atoms with E-state index in [9.17, 15) is 0 Å². The zero-order valence-corrected chi connectivity index (χ0v) is 8.05. The summed E-state index contributed by atoms with van der Waals surface area (Å²) in [6.07, 6.45) is 5.49. The van der Waals surface area contributed by atoms with Crippen LogP contribution < -0.4 is 5.32 Å². The van der Waals surface area contributed by atoms with Gasteiger partial charge in [0.2, 0.25) is 0 Å². The maximum atomic E-state index is 3.98. The molecule has 0 aromatic heterocycles. The van der Waals surface area contributed by atoms with E-state index in [2.05, 4.69) is 17.0 Å². The second-order valence-corrected chi connectivity index (χ2v) is 3.86. The van der Waals surface area contributed by atoms with Crippen molar-refractivity contribution in [1.29, 1.82) is 0 Å². The smallest absolute Gasteiger partial charge is 0.0410 e. The average molecular weight is 168 g/mol. The van der Waals surface area contributed by atoms with Crippen molar-refractivity contribution < 1.29 is 0 Å². The summed E-state index contributed by atoms with van der Waals surface area (Å²) in [5, 5.41) is 3.25. The van der Waals surface area contributed by atoms with Crippen molar-refractivity contribution in [2.24, 2.45) is 16.8 Å². The van der Waals surface area contributed by atoms with Crippen molar-refractivity contribution in [3.8, 4) is 0 Å². The summed E-state index contributed by atoms with van der Waals surface area (Å²) in [5.41, 5.74) is 0. The van der Waals surface area contributed by atoms with Crippen LogP contribution in [0, 0.1) is 11.8 Å². The Labute approximate surface area is 75.5 Å². The molecule has 0 radical (unpaired) electrons. The quantitative estimate of drug-likeness (QED) is 0.635. The third-order valence-electron chi connectivity index (χ3n) is 2.77.